The second kappa shape index (κ2) is 4.54. The van der Waals surface area contributed by atoms with Crippen LogP contribution in [0.1, 0.15) is 27.6 Å². The fourth-order valence-electron chi connectivity index (χ4n) is 1.11. The minimum atomic E-state index is -1.36. The number of esters is 1. The minimum absolute atomic E-state index is 0.0617. The van der Waals surface area contributed by atoms with Crippen molar-refractivity contribution in [2.75, 3.05) is 6.61 Å². The number of halogens is 1. The van der Waals surface area contributed by atoms with E-state index in [1.165, 1.54) is 6.07 Å². The SMILES string of the molecule is CCOC(=O)c1c(F)cccc1C(=O)O. The summed E-state index contributed by atoms with van der Waals surface area (Å²) in [6.45, 7) is 1.62. The Morgan fingerprint density at radius 2 is 2.13 bits per heavy atom. The van der Waals surface area contributed by atoms with Crippen LogP contribution >= 0.6 is 0 Å². The van der Waals surface area contributed by atoms with Gasteiger partial charge in [-0.3, -0.25) is 0 Å². The third-order valence-corrected chi connectivity index (χ3v) is 1.72. The van der Waals surface area contributed by atoms with Gasteiger partial charge in [0.25, 0.3) is 0 Å². The summed E-state index contributed by atoms with van der Waals surface area (Å²) in [7, 11) is 0. The van der Waals surface area contributed by atoms with Crippen molar-refractivity contribution in [3.63, 3.8) is 0 Å². The van der Waals surface area contributed by atoms with Crippen molar-refractivity contribution < 1.29 is 23.8 Å². The summed E-state index contributed by atoms with van der Waals surface area (Å²) in [6, 6.07) is 3.39. The first-order valence-electron chi connectivity index (χ1n) is 4.26. The molecule has 5 heteroatoms. The van der Waals surface area contributed by atoms with Gasteiger partial charge in [-0.1, -0.05) is 6.07 Å². The summed E-state index contributed by atoms with van der Waals surface area (Å²) in [5.41, 5.74) is -0.930. The largest absolute Gasteiger partial charge is 0.478 e. The lowest BCUT2D eigenvalue weighted by Gasteiger charge is -2.05. The summed E-state index contributed by atoms with van der Waals surface area (Å²) >= 11 is 0. The molecule has 15 heavy (non-hydrogen) atoms. The van der Waals surface area contributed by atoms with E-state index in [1.54, 1.807) is 6.92 Å². The number of hydrogen-bond donors (Lipinski definition) is 1. The number of carbonyl (C=O) groups excluding carboxylic acids is 1. The number of aromatic carboxylic acids is 1. The molecule has 0 aliphatic carbocycles. The molecule has 0 amide bonds. The Kier molecular flexibility index (Phi) is 3.38. The zero-order valence-electron chi connectivity index (χ0n) is 7.99. The summed E-state index contributed by atoms with van der Waals surface area (Å²) in [6.07, 6.45) is 0. The Balaban J connectivity index is 3.24. The van der Waals surface area contributed by atoms with Gasteiger partial charge in [-0.25, -0.2) is 14.0 Å². The Hall–Kier alpha value is -1.91. The van der Waals surface area contributed by atoms with E-state index in [0.29, 0.717) is 0 Å². The molecule has 0 saturated carbocycles. The van der Waals surface area contributed by atoms with Crippen LogP contribution in [0.25, 0.3) is 0 Å². The molecule has 1 aromatic carbocycles. The maximum Gasteiger partial charge on any atom is 0.342 e. The number of hydrogen-bond acceptors (Lipinski definition) is 3. The Morgan fingerprint density at radius 1 is 1.47 bits per heavy atom. The zero-order valence-corrected chi connectivity index (χ0v) is 7.99. The van der Waals surface area contributed by atoms with E-state index >= 15 is 0 Å². The maximum absolute atomic E-state index is 13.2. The molecule has 0 heterocycles. The number of ether oxygens (including phenoxy) is 1. The molecular formula is C10H9FO4. The van der Waals surface area contributed by atoms with E-state index in [1.807, 2.05) is 0 Å². The van der Waals surface area contributed by atoms with Crippen LogP contribution in [0.2, 0.25) is 0 Å². The van der Waals surface area contributed by atoms with Crippen LogP contribution in [0.15, 0.2) is 18.2 Å². The highest BCUT2D eigenvalue weighted by Gasteiger charge is 2.21. The first-order chi connectivity index (χ1) is 7.07. The predicted molar refractivity (Wildman–Crippen MR) is 49.3 cm³/mol. The molecular weight excluding hydrogens is 203 g/mol. The van der Waals surface area contributed by atoms with Crippen molar-refractivity contribution in [2.45, 2.75) is 6.92 Å². The van der Waals surface area contributed by atoms with Gasteiger partial charge in [0.05, 0.1) is 12.2 Å². The van der Waals surface area contributed by atoms with Crippen LogP contribution in [0.3, 0.4) is 0 Å². The molecule has 0 aliphatic heterocycles. The molecule has 1 aromatic rings. The minimum Gasteiger partial charge on any atom is -0.478 e. The molecule has 0 aliphatic rings. The van der Waals surface area contributed by atoms with Crippen LogP contribution in [0.5, 0.6) is 0 Å². The van der Waals surface area contributed by atoms with Crippen molar-refractivity contribution >= 4 is 11.9 Å². The molecule has 0 aromatic heterocycles. The summed E-state index contributed by atoms with van der Waals surface area (Å²) in [4.78, 5) is 22.0. The van der Waals surface area contributed by atoms with Gasteiger partial charge in [0.1, 0.15) is 11.4 Å². The fourth-order valence-corrected chi connectivity index (χ4v) is 1.11. The van der Waals surface area contributed by atoms with Crippen molar-refractivity contribution in [1.82, 2.24) is 0 Å². The van der Waals surface area contributed by atoms with Crippen molar-refractivity contribution in [3.8, 4) is 0 Å². The van der Waals surface area contributed by atoms with E-state index in [9.17, 15) is 14.0 Å². The first-order valence-corrected chi connectivity index (χ1v) is 4.26. The zero-order chi connectivity index (χ0) is 11.4. The van der Waals surface area contributed by atoms with E-state index < -0.39 is 28.9 Å². The highest BCUT2D eigenvalue weighted by Crippen LogP contribution is 2.15. The topological polar surface area (TPSA) is 63.6 Å². The summed E-state index contributed by atoms with van der Waals surface area (Å²) < 4.78 is 17.8. The van der Waals surface area contributed by atoms with Gasteiger partial charge in [-0.15, -0.1) is 0 Å². The molecule has 0 bridgehead atoms. The second-order valence-corrected chi connectivity index (χ2v) is 2.69. The van der Waals surface area contributed by atoms with Crippen molar-refractivity contribution in [1.29, 1.82) is 0 Å². The number of carboxylic acid groups (broad SMARTS) is 1. The van der Waals surface area contributed by atoms with Crippen LogP contribution < -0.4 is 0 Å². The molecule has 0 unspecified atom stereocenters. The lowest BCUT2D eigenvalue weighted by molar-refractivity contribution is 0.0508. The van der Waals surface area contributed by atoms with E-state index in [2.05, 4.69) is 4.74 Å². The highest BCUT2D eigenvalue weighted by molar-refractivity contribution is 6.02. The molecule has 0 fully saturated rings. The monoisotopic (exact) mass is 212 g/mol. The standard InChI is InChI=1S/C10H9FO4/c1-2-15-10(14)8-6(9(12)13)4-3-5-7(8)11/h3-5H,2H2,1H3,(H,12,13). The highest BCUT2D eigenvalue weighted by atomic mass is 19.1. The predicted octanol–water partition coefficient (Wildman–Crippen LogP) is 1.70. The Bertz CT molecular complexity index is 400. The quantitative estimate of drug-likeness (QED) is 0.774. The fraction of sp³-hybridized carbons (Fsp3) is 0.200. The second-order valence-electron chi connectivity index (χ2n) is 2.69. The average Bonchev–Trinajstić information content (AvgIpc) is 2.17. The molecule has 0 spiro atoms. The molecule has 1 rings (SSSR count). The van der Waals surface area contributed by atoms with E-state index in [0.717, 1.165) is 12.1 Å². The van der Waals surface area contributed by atoms with Gasteiger partial charge < -0.3 is 9.84 Å². The number of rotatable bonds is 3. The molecule has 4 nitrogen and oxygen atoms in total. The van der Waals surface area contributed by atoms with Gasteiger partial charge in [-0.2, -0.15) is 0 Å². The Labute approximate surface area is 85.3 Å². The molecule has 80 valence electrons. The number of carbonyl (C=O) groups is 2. The Morgan fingerprint density at radius 3 is 2.67 bits per heavy atom. The first kappa shape index (κ1) is 11.2. The number of carboxylic acids is 1. The van der Waals surface area contributed by atoms with E-state index in [-0.39, 0.29) is 6.61 Å². The lowest BCUT2D eigenvalue weighted by atomic mass is 10.1. The van der Waals surface area contributed by atoms with Gasteiger partial charge in [0, 0.05) is 0 Å². The molecule has 0 atom stereocenters. The normalized spacial score (nSPS) is 9.73. The third-order valence-electron chi connectivity index (χ3n) is 1.72. The van der Waals surface area contributed by atoms with Crippen molar-refractivity contribution in [3.05, 3.63) is 35.1 Å². The average molecular weight is 212 g/mol. The van der Waals surface area contributed by atoms with Crippen LogP contribution in [0, 0.1) is 5.82 Å². The van der Waals surface area contributed by atoms with Crippen LogP contribution in [-0.2, 0) is 4.74 Å². The van der Waals surface area contributed by atoms with Crippen LogP contribution in [0.4, 0.5) is 4.39 Å². The molecule has 0 radical (unpaired) electrons. The van der Waals surface area contributed by atoms with Gasteiger partial charge in [0.2, 0.25) is 0 Å². The van der Waals surface area contributed by atoms with Gasteiger partial charge >= 0.3 is 11.9 Å². The van der Waals surface area contributed by atoms with E-state index in [4.69, 9.17) is 5.11 Å². The smallest absolute Gasteiger partial charge is 0.342 e. The van der Waals surface area contributed by atoms with Crippen molar-refractivity contribution in [2.24, 2.45) is 0 Å². The number of benzene rings is 1. The lowest BCUT2D eigenvalue weighted by Crippen LogP contribution is -2.13. The summed E-state index contributed by atoms with van der Waals surface area (Å²) in [5.74, 6) is -3.22. The van der Waals surface area contributed by atoms with Crippen LogP contribution in [-0.4, -0.2) is 23.7 Å². The maximum atomic E-state index is 13.2. The van der Waals surface area contributed by atoms with Gasteiger partial charge in [-0.05, 0) is 19.1 Å². The molecule has 1 N–H and O–H groups in total. The van der Waals surface area contributed by atoms with Gasteiger partial charge in [0.15, 0.2) is 0 Å². The third kappa shape index (κ3) is 2.31. The molecule has 0 saturated heterocycles. The summed E-state index contributed by atoms with van der Waals surface area (Å²) in [5, 5.41) is 8.73.